The van der Waals surface area contributed by atoms with Crippen LogP contribution in [-0.2, 0) is 6.54 Å². The molecule has 0 radical (unpaired) electrons. The van der Waals surface area contributed by atoms with Gasteiger partial charge in [-0.2, -0.15) is 0 Å². The molecule has 7 nitrogen and oxygen atoms in total. The molecule has 156 valence electrons. The fourth-order valence-electron chi connectivity index (χ4n) is 3.19. The molecule has 2 N–H and O–H groups in total. The molecule has 8 heteroatoms. The average Bonchev–Trinajstić information content (AvgIpc) is 2.77. The molecule has 0 unspecified atom stereocenters. The summed E-state index contributed by atoms with van der Waals surface area (Å²) in [5.41, 5.74) is 7.73. The number of methoxy groups -OCH3 is 2. The Morgan fingerprint density at radius 3 is 1.69 bits per heavy atom. The largest absolute Gasteiger partial charge is 0.497 e. The van der Waals surface area contributed by atoms with Crippen molar-refractivity contribution in [3.05, 3.63) is 59.2 Å². The molecule has 3 rings (SSSR count). The average molecular weight is 420 g/mol. The van der Waals surface area contributed by atoms with Crippen LogP contribution in [0, 0.1) is 0 Å². The number of ether oxygens (including phenoxy) is 2. The second-order valence-corrected chi connectivity index (χ2v) is 6.59. The van der Waals surface area contributed by atoms with E-state index in [0.29, 0.717) is 55.3 Å². The molecular weight excluding hydrogens is 394 g/mol. The second-order valence-electron chi connectivity index (χ2n) is 6.59. The van der Waals surface area contributed by atoms with Gasteiger partial charge >= 0.3 is 0 Å². The first-order valence-corrected chi connectivity index (χ1v) is 9.16. The van der Waals surface area contributed by atoms with Gasteiger partial charge in [0.2, 0.25) is 0 Å². The van der Waals surface area contributed by atoms with Crippen molar-refractivity contribution in [3.8, 4) is 11.5 Å². The third kappa shape index (κ3) is 5.19. The van der Waals surface area contributed by atoms with Gasteiger partial charge in [-0.1, -0.05) is 12.1 Å². The van der Waals surface area contributed by atoms with Crippen molar-refractivity contribution < 1.29 is 19.1 Å². The highest BCUT2D eigenvalue weighted by Gasteiger charge is 2.26. The van der Waals surface area contributed by atoms with Crippen LogP contribution in [0.2, 0.25) is 0 Å². The first-order valence-electron chi connectivity index (χ1n) is 9.16. The number of hydrogen-bond acceptors (Lipinski definition) is 5. The molecule has 2 amide bonds. The summed E-state index contributed by atoms with van der Waals surface area (Å²) in [5.74, 6) is 1.00. The van der Waals surface area contributed by atoms with Gasteiger partial charge < -0.3 is 25.0 Å². The molecule has 0 saturated carbocycles. The van der Waals surface area contributed by atoms with Gasteiger partial charge in [0.25, 0.3) is 11.8 Å². The first kappa shape index (κ1) is 22.5. The Balaban J connectivity index is 0.00000300. The van der Waals surface area contributed by atoms with Crippen LogP contribution in [0.1, 0.15) is 26.3 Å². The van der Waals surface area contributed by atoms with E-state index in [4.69, 9.17) is 15.2 Å². The molecule has 2 aromatic rings. The Kier molecular flexibility index (Phi) is 7.87. The van der Waals surface area contributed by atoms with Crippen LogP contribution >= 0.6 is 12.4 Å². The molecule has 0 spiro atoms. The Morgan fingerprint density at radius 1 is 0.828 bits per heavy atom. The Bertz CT molecular complexity index is 827. The standard InChI is InChI=1S/C21H25N3O4.ClH/c1-27-18-11-17(12-19(13-18)28-2)21(26)24-9-7-23(8-10-24)20(25)16-5-3-15(14-22)4-6-16;/h3-6,11-13H,7-10,14,22H2,1-2H3;1H. The maximum Gasteiger partial charge on any atom is 0.254 e. The van der Waals surface area contributed by atoms with E-state index in [1.807, 2.05) is 12.1 Å². The molecule has 1 heterocycles. The fraction of sp³-hybridized carbons (Fsp3) is 0.333. The molecule has 29 heavy (non-hydrogen) atoms. The van der Waals surface area contributed by atoms with Gasteiger partial charge in [-0.05, 0) is 29.8 Å². The molecule has 2 aromatic carbocycles. The maximum atomic E-state index is 12.9. The second kappa shape index (κ2) is 10.1. The van der Waals surface area contributed by atoms with Gasteiger partial charge in [0.1, 0.15) is 11.5 Å². The zero-order valence-corrected chi connectivity index (χ0v) is 17.4. The van der Waals surface area contributed by atoms with E-state index >= 15 is 0 Å². The number of carbonyl (C=O) groups excluding carboxylic acids is 2. The van der Waals surface area contributed by atoms with Gasteiger partial charge in [0, 0.05) is 49.9 Å². The fourth-order valence-corrected chi connectivity index (χ4v) is 3.19. The molecule has 0 bridgehead atoms. The van der Waals surface area contributed by atoms with Crippen molar-refractivity contribution in [2.24, 2.45) is 5.73 Å². The van der Waals surface area contributed by atoms with E-state index in [1.54, 1.807) is 54.4 Å². The molecule has 0 atom stereocenters. The predicted octanol–water partition coefficient (Wildman–Crippen LogP) is 2.18. The summed E-state index contributed by atoms with van der Waals surface area (Å²) in [4.78, 5) is 29.0. The molecule has 1 aliphatic heterocycles. The smallest absolute Gasteiger partial charge is 0.254 e. The molecule has 0 aromatic heterocycles. The van der Waals surface area contributed by atoms with Crippen LogP contribution in [0.3, 0.4) is 0 Å². The number of halogens is 1. The zero-order chi connectivity index (χ0) is 20.1. The van der Waals surface area contributed by atoms with E-state index in [2.05, 4.69) is 0 Å². The van der Waals surface area contributed by atoms with Crippen LogP contribution in [0.5, 0.6) is 11.5 Å². The topological polar surface area (TPSA) is 85.1 Å². The summed E-state index contributed by atoms with van der Waals surface area (Å²) in [7, 11) is 3.10. The van der Waals surface area contributed by atoms with Crippen molar-refractivity contribution in [2.75, 3.05) is 40.4 Å². The number of carbonyl (C=O) groups is 2. The van der Waals surface area contributed by atoms with Crippen molar-refractivity contribution in [1.29, 1.82) is 0 Å². The molecule has 0 aliphatic carbocycles. The van der Waals surface area contributed by atoms with Gasteiger partial charge in [0.15, 0.2) is 0 Å². The number of rotatable bonds is 5. The Hall–Kier alpha value is -2.77. The van der Waals surface area contributed by atoms with Crippen molar-refractivity contribution >= 4 is 24.2 Å². The number of hydrogen-bond donors (Lipinski definition) is 1. The third-order valence-corrected chi connectivity index (χ3v) is 4.89. The van der Waals surface area contributed by atoms with Gasteiger partial charge in [-0.25, -0.2) is 0 Å². The first-order chi connectivity index (χ1) is 13.5. The van der Waals surface area contributed by atoms with E-state index < -0.39 is 0 Å². The summed E-state index contributed by atoms with van der Waals surface area (Å²) < 4.78 is 10.5. The minimum Gasteiger partial charge on any atom is -0.497 e. The normalized spacial score (nSPS) is 13.5. The van der Waals surface area contributed by atoms with Crippen molar-refractivity contribution in [3.63, 3.8) is 0 Å². The van der Waals surface area contributed by atoms with Crippen LogP contribution in [0.4, 0.5) is 0 Å². The number of benzene rings is 2. The summed E-state index contributed by atoms with van der Waals surface area (Å²) in [6.07, 6.45) is 0. The van der Waals surface area contributed by atoms with E-state index in [9.17, 15) is 9.59 Å². The number of amides is 2. The highest BCUT2D eigenvalue weighted by molar-refractivity contribution is 5.96. The predicted molar refractivity (Wildman–Crippen MR) is 113 cm³/mol. The highest BCUT2D eigenvalue weighted by Crippen LogP contribution is 2.24. The third-order valence-electron chi connectivity index (χ3n) is 4.89. The van der Waals surface area contributed by atoms with E-state index in [0.717, 1.165) is 5.56 Å². The number of nitrogens with two attached hydrogens (primary N) is 1. The minimum atomic E-state index is -0.100. The lowest BCUT2D eigenvalue weighted by Gasteiger charge is -2.35. The lowest BCUT2D eigenvalue weighted by atomic mass is 10.1. The highest BCUT2D eigenvalue weighted by atomic mass is 35.5. The summed E-state index contributed by atoms with van der Waals surface area (Å²) in [6.45, 7) is 2.38. The molecule has 1 saturated heterocycles. The van der Waals surface area contributed by atoms with Gasteiger partial charge in [-0.15, -0.1) is 12.4 Å². The molecule has 1 fully saturated rings. The Labute approximate surface area is 176 Å². The number of piperazine rings is 1. The SMILES string of the molecule is COc1cc(OC)cc(C(=O)N2CCN(C(=O)c3ccc(CN)cc3)CC2)c1.Cl. The maximum absolute atomic E-state index is 12.9. The van der Waals surface area contributed by atoms with Crippen LogP contribution in [0.15, 0.2) is 42.5 Å². The van der Waals surface area contributed by atoms with Crippen molar-refractivity contribution in [1.82, 2.24) is 9.80 Å². The Morgan fingerprint density at radius 2 is 1.28 bits per heavy atom. The molecular formula is C21H26ClN3O4. The monoisotopic (exact) mass is 419 g/mol. The lowest BCUT2D eigenvalue weighted by molar-refractivity contribution is 0.0535. The van der Waals surface area contributed by atoms with E-state index in [1.165, 1.54) is 0 Å². The van der Waals surface area contributed by atoms with Crippen LogP contribution in [0.25, 0.3) is 0 Å². The van der Waals surface area contributed by atoms with E-state index in [-0.39, 0.29) is 24.2 Å². The summed E-state index contributed by atoms with van der Waals surface area (Å²) in [6, 6.07) is 12.4. The van der Waals surface area contributed by atoms with Crippen LogP contribution < -0.4 is 15.2 Å². The van der Waals surface area contributed by atoms with Gasteiger partial charge in [0.05, 0.1) is 14.2 Å². The summed E-state index contributed by atoms with van der Waals surface area (Å²) in [5, 5.41) is 0. The van der Waals surface area contributed by atoms with Crippen LogP contribution in [-0.4, -0.2) is 62.0 Å². The minimum absolute atomic E-state index is 0. The van der Waals surface area contributed by atoms with Crippen molar-refractivity contribution in [2.45, 2.75) is 6.54 Å². The van der Waals surface area contributed by atoms with Gasteiger partial charge in [-0.3, -0.25) is 9.59 Å². The quantitative estimate of drug-likeness (QED) is 0.802. The number of nitrogens with zero attached hydrogens (tertiary/aromatic N) is 2. The zero-order valence-electron chi connectivity index (χ0n) is 16.6. The summed E-state index contributed by atoms with van der Waals surface area (Å²) >= 11 is 0. The molecule has 1 aliphatic rings. The lowest BCUT2D eigenvalue weighted by Crippen LogP contribution is -2.50.